The molecule has 2 fully saturated rings. The quantitative estimate of drug-likeness (QED) is 0.681. The molecule has 2 aliphatic heterocycles. The minimum atomic E-state index is -3.54. The van der Waals surface area contributed by atoms with Gasteiger partial charge < -0.3 is 9.64 Å². The number of ether oxygens (including phenoxy) is 1. The van der Waals surface area contributed by atoms with Crippen molar-refractivity contribution in [3.8, 4) is 0 Å². The van der Waals surface area contributed by atoms with E-state index in [9.17, 15) is 18.0 Å². The van der Waals surface area contributed by atoms with E-state index in [0.29, 0.717) is 12.8 Å². The highest BCUT2D eigenvalue weighted by Gasteiger charge is 2.34. The largest absolute Gasteiger partial charge is 0.455 e. The van der Waals surface area contributed by atoms with Crippen LogP contribution in [0.3, 0.4) is 0 Å². The van der Waals surface area contributed by atoms with E-state index in [-0.39, 0.29) is 48.5 Å². The molecule has 0 radical (unpaired) electrons. The van der Waals surface area contributed by atoms with Crippen LogP contribution in [-0.4, -0.2) is 61.3 Å². The molecule has 1 amide bonds. The lowest BCUT2D eigenvalue weighted by molar-refractivity contribution is -0.158. The van der Waals surface area contributed by atoms with E-state index in [1.54, 1.807) is 30.3 Å². The highest BCUT2D eigenvalue weighted by atomic mass is 32.2. The summed E-state index contributed by atoms with van der Waals surface area (Å²) in [4.78, 5) is 27.0. The van der Waals surface area contributed by atoms with Crippen LogP contribution in [0.5, 0.6) is 0 Å². The molecule has 2 saturated heterocycles. The number of hydrogen-bond acceptors (Lipinski definition) is 5. The molecule has 1 aromatic rings. The van der Waals surface area contributed by atoms with Gasteiger partial charge in [-0.3, -0.25) is 9.59 Å². The van der Waals surface area contributed by atoms with Gasteiger partial charge in [-0.2, -0.15) is 4.31 Å². The van der Waals surface area contributed by atoms with Gasteiger partial charge in [0.15, 0.2) is 6.61 Å². The normalized spacial score (nSPS) is 24.3. The second-order valence-electron chi connectivity index (χ2n) is 8.03. The fourth-order valence-corrected chi connectivity index (χ4v) is 5.80. The van der Waals surface area contributed by atoms with Crippen LogP contribution in [0.1, 0.15) is 46.0 Å². The van der Waals surface area contributed by atoms with Crippen LogP contribution in [0.25, 0.3) is 0 Å². The number of nitrogens with zero attached hydrogens (tertiary/aromatic N) is 2. The first-order chi connectivity index (χ1) is 13.8. The minimum absolute atomic E-state index is 0.151. The Morgan fingerprint density at radius 1 is 1.00 bits per heavy atom. The number of hydrogen-bond donors (Lipinski definition) is 0. The van der Waals surface area contributed by atoms with Crippen molar-refractivity contribution in [1.29, 1.82) is 0 Å². The monoisotopic (exact) mass is 422 g/mol. The number of piperidine rings is 2. The van der Waals surface area contributed by atoms with Gasteiger partial charge in [-0.25, -0.2) is 8.42 Å². The van der Waals surface area contributed by atoms with Crippen molar-refractivity contribution in [3.63, 3.8) is 0 Å². The van der Waals surface area contributed by atoms with E-state index >= 15 is 0 Å². The zero-order valence-corrected chi connectivity index (χ0v) is 17.9. The van der Waals surface area contributed by atoms with Gasteiger partial charge in [0.2, 0.25) is 10.0 Å². The van der Waals surface area contributed by atoms with Crippen molar-refractivity contribution in [2.24, 2.45) is 5.92 Å². The zero-order valence-electron chi connectivity index (χ0n) is 17.1. The fourth-order valence-electron chi connectivity index (χ4n) is 4.31. The topological polar surface area (TPSA) is 84.0 Å². The van der Waals surface area contributed by atoms with Gasteiger partial charge in [0.05, 0.1) is 10.8 Å². The number of rotatable bonds is 5. The van der Waals surface area contributed by atoms with Crippen molar-refractivity contribution in [2.45, 2.75) is 62.9 Å². The van der Waals surface area contributed by atoms with Gasteiger partial charge in [-0.15, -0.1) is 0 Å². The Labute approximate surface area is 173 Å². The molecule has 1 aromatic carbocycles. The minimum Gasteiger partial charge on any atom is -0.455 e. The predicted molar refractivity (Wildman–Crippen MR) is 109 cm³/mol. The molecule has 0 spiro atoms. The SMILES string of the molecule is CC1CCCC(C)N1C(=O)COC(=O)C1CCN(S(=O)(=O)c2ccccc2)CC1. The van der Waals surface area contributed by atoms with Gasteiger partial charge in [-0.1, -0.05) is 18.2 Å². The maximum absolute atomic E-state index is 12.7. The Bertz CT molecular complexity index is 809. The van der Waals surface area contributed by atoms with Gasteiger partial charge in [0.1, 0.15) is 0 Å². The maximum Gasteiger partial charge on any atom is 0.309 e. The molecular weight excluding hydrogens is 392 g/mol. The maximum atomic E-state index is 12.7. The number of sulfonamides is 1. The molecule has 29 heavy (non-hydrogen) atoms. The smallest absolute Gasteiger partial charge is 0.309 e. The Morgan fingerprint density at radius 2 is 1.59 bits per heavy atom. The number of benzene rings is 1. The number of carbonyl (C=O) groups excluding carboxylic acids is 2. The zero-order chi connectivity index (χ0) is 21.0. The number of amides is 1. The number of likely N-dealkylation sites (tertiary alicyclic amines) is 1. The fraction of sp³-hybridized carbons (Fsp3) is 0.619. The first-order valence-electron chi connectivity index (χ1n) is 10.3. The van der Waals surface area contributed by atoms with Gasteiger partial charge in [-0.05, 0) is 58.1 Å². The lowest BCUT2D eigenvalue weighted by atomic mass is 9.97. The van der Waals surface area contributed by atoms with E-state index in [1.165, 1.54) is 4.31 Å². The second-order valence-corrected chi connectivity index (χ2v) is 9.97. The van der Waals surface area contributed by atoms with E-state index in [2.05, 4.69) is 0 Å². The molecule has 3 rings (SSSR count). The molecule has 0 saturated carbocycles. The molecule has 8 heteroatoms. The van der Waals surface area contributed by atoms with Crippen LogP contribution in [0.2, 0.25) is 0 Å². The summed E-state index contributed by atoms with van der Waals surface area (Å²) < 4.78 is 32.1. The van der Waals surface area contributed by atoms with Crippen molar-refractivity contribution in [3.05, 3.63) is 30.3 Å². The lowest BCUT2D eigenvalue weighted by Gasteiger charge is -2.39. The molecule has 0 aliphatic carbocycles. The second kappa shape index (κ2) is 9.26. The molecule has 0 N–H and O–H groups in total. The van der Waals surface area contributed by atoms with Crippen molar-refractivity contribution in [2.75, 3.05) is 19.7 Å². The van der Waals surface area contributed by atoms with Crippen molar-refractivity contribution in [1.82, 2.24) is 9.21 Å². The highest BCUT2D eigenvalue weighted by Crippen LogP contribution is 2.25. The summed E-state index contributed by atoms with van der Waals surface area (Å²) in [5.74, 6) is -0.934. The van der Waals surface area contributed by atoms with Crippen molar-refractivity contribution >= 4 is 21.9 Å². The number of esters is 1. The lowest BCUT2D eigenvalue weighted by Crippen LogP contribution is -2.49. The number of carbonyl (C=O) groups is 2. The van der Waals surface area contributed by atoms with Gasteiger partial charge in [0.25, 0.3) is 5.91 Å². The van der Waals surface area contributed by atoms with Crippen LogP contribution < -0.4 is 0 Å². The summed E-state index contributed by atoms with van der Waals surface area (Å²) in [6.07, 6.45) is 3.85. The Morgan fingerprint density at radius 3 is 2.17 bits per heavy atom. The van der Waals surface area contributed by atoms with Gasteiger partial charge >= 0.3 is 5.97 Å². The van der Waals surface area contributed by atoms with Crippen LogP contribution in [-0.2, 0) is 24.3 Å². The third-order valence-electron chi connectivity index (χ3n) is 5.99. The van der Waals surface area contributed by atoms with Crippen molar-refractivity contribution < 1.29 is 22.7 Å². The average molecular weight is 423 g/mol. The standard InChI is InChI=1S/C21H30N2O5S/c1-16-7-6-8-17(2)23(16)20(24)15-28-21(25)18-11-13-22(14-12-18)29(26,27)19-9-4-3-5-10-19/h3-5,9-10,16-18H,6-8,11-15H2,1-2H3. The summed E-state index contributed by atoms with van der Waals surface area (Å²) in [6.45, 7) is 4.35. The van der Waals surface area contributed by atoms with Crippen LogP contribution in [0.15, 0.2) is 35.2 Å². The molecule has 2 unspecified atom stereocenters. The molecule has 160 valence electrons. The Kier molecular flexibility index (Phi) is 6.95. The first-order valence-corrected chi connectivity index (χ1v) is 11.8. The molecule has 7 nitrogen and oxygen atoms in total. The molecule has 0 aromatic heterocycles. The van der Waals surface area contributed by atoms with E-state index in [0.717, 1.165) is 19.3 Å². The third-order valence-corrected chi connectivity index (χ3v) is 7.90. The average Bonchev–Trinajstić information content (AvgIpc) is 2.72. The molecule has 2 atom stereocenters. The molecule has 2 aliphatic rings. The summed E-state index contributed by atoms with van der Waals surface area (Å²) in [5.41, 5.74) is 0. The van der Waals surface area contributed by atoms with E-state index < -0.39 is 16.0 Å². The highest BCUT2D eigenvalue weighted by molar-refractivity contribution is 7.89. The third kappa shape index (κ3) is 4.98. The summed E-state index contributed by atoms with van der Waals surface area (Å²) in [5, 5.41) is 0. The summed E-state index contributed by atoms with van der Waals surface area (Å²) in [6, 6.07) is 8.63. The van der Waals surface area contributed by atoms with Crippen LogP contribution in [0, 0.1) is 5.92 Å². The first kappa shape index (κ1) is 21.8. The molecule has 0 bridgehead atoms. The Hall–Kier alpha value is -1.93. The molecular formula is C21H30N2O5S. The predicted octanol–water partition coefficient (Wildman–Crippen LogP) is 2.42. The van der Waals surface area contributed by atoms with E-state index in [4.69, 9.17) is 4.74 Å². The Balaban J connectivity index is 1.49. The summed E-state index contributed by atoms with van der Waals surface area (Å²) in [7, 11) is -3.54. The van der Waals surface area contributed by atoms with Crippen LogP contribution in [0.4, 0.5) is 0 Å². The summed E-state index contributed by atoms with van der Waals surface area (Å²) >= 11 is 0. The van der Waals surface area contributed by atoms with Crippen LogP contribution >= 0.6 is 0 Å². The molecule has 2 heterocycles. The van der Waals surface area contributed by atoms with Gasteiger partial charge in [0, 0.05) is 25.2 Å². The van der Waals surface area contributed by atoms with E-state index in [1.807, 2.05) is 18.7 Å².